The van der Waals surface area contributed by atoms with Crippen LogP contribution in [0.4, 0.5) is 0 Å². The molecule has 6 heteroatoms. The molecular formula is C26H23NO5. The van der Waals surface area contributed by atoms with Crippen molar-refractivity contribution in [1.82, 2.24) is 5.32 Å². The van der Waals surface area contributed by atoms with Crippen molar-refractivity contribution in [3.8, 4) is 11.5 Å². The molecule has 1 aliphatic heterocycles. The third-order valence-corrected chi connectivity index (χ3v) is 4.97. The number of fused-ring (bicyclic) bond motifs is 1. The normalized spacial score (nSPS) is 13.0. The van der Waals surface area contributed by atoms with Crippen LogP contribution in [-0.4, -0.2) is 25.3 Å². The van der Waals surface area contributed by atoms with Crippen molar-refractivity contribution in [3.63, 3.8) is 0 Å². The van der Waals surface area contributed by atoms with E-state index < -0.39 is 5.97 Å². The Morgan fingerprint density at radius 3 is 2.44 bits per heavy atom. The van der Waals surface area contributed by atoms with Crippen molar-refractivity contribution in [1.29, 1.82) is 0 Å². The molecule has 1 unspecified atom stereocenters. The Balaban J connectivity index is 1.32. The smallest absolute Gasteiger partial charge is 0.331 e. The molecule has 0 bridgehead atoms. The Morgan fingerprint density at radius 1 is 0.938 bits per heavy atom. The van der Waals surface area contributed by atoms with Crippen molar-refractivity contribution in [2.75, 3.05) is 13.4 Å². The summed E-state index contributed by atoms with van der Waals surface area (Å²) in [5.41, 5.74) is 2.85. The van der Waals surface area contributed by atoms with Gasteiger partial charge in [0, 0.05) is 6.08 Å². The van der Waals surface area contributed by atoms with Gasteiger partial charge in [0.15, 0.2) is 18.1 Å². The first-order chi connectivity index (χ1) is 15.7. The zero-order valence-electron chi connectivity index (χ0n) is 17.4. The maximum Gasteiger partial charge on any atom is 0.331 e. The lowest BCUT2D eigenvalue weighted by atomic mass is 9.99. The number of esters is 1. The molecule has 3 aromatic carbocycles. The number of amides is 1. The fourth-order valence-electron chi connectivity index (χ4n) is 3.39. The van der Waals surface area contributed by atoms with Gasteiger partial charge in [-0.2, -0.15) is 0 Å². The minimum absolute atomic E-state index is 0.188. The van der Waals surface area contributed by atoms with Gasteiger partial charge in [0.05, 0.1) is 6.04 Å². The monoisotopic (exact) mass is 429 g/mol. The van der Waals surface area contributed by atoms with E-state index in [1.807, 2.05) is 60.7 Å². The summed E-state index contributed by atoms with van der Waals surface area (Å²) in [4.78, 5) is 24.5. The lowest BCUT2D eigenvalue weighted by molar-refractivity contribution is -0.144. The third kappa shape index (κ3) is 5.76. The van der Waals surface area contributed by atoms with E-state index in [1.54, 1.807) is 24.3 Å². The van der Waals surface area contributed by atoms with Gasteiger partial charge in [0.1, 0.15) is 0 Å². The second-order valence-corrected chi connectivity index (χ2v) is 7.27. The van der Waals surface area contributed by atoms with Crippen LogP contribution in [0.5, 0.6) is 11.5 Å². The molecule has 32 heavy (non-hydrogen) atoms. The Morgan fingerprint density at radius 2 is 1.66 bits per heavy atom. The van der Waals surface area contributed by atoms with Crippen molar-refractivity contribution in [2.45, 2.75) is 12.5 Å². The first-order valence-electron chi connectivity index (χ1n) is 10.3. The largest absolute Gasteiger partial charge is 0.454 e. The fraction of sp³-hybridized carbons (Fsp3) is 0.154. The molecule has 0 fully saturated rings. The number of benzene rings is 3. The van der Waals surface area contributed by atoms with Gasteiger partial charge < -0.3 is 19.5 Å². The van der Waals surface area contributed by atoms with E-state index in [9.17, 15) is 9.59 Å². The quantitative estimate of drug-likeness (QED) is 0.432. The lowest BCUT2D eigenvalue weighted by Crippen LogP contribution is -2.33. The average Bonchev–Trinajstić information content (AvgIpc) is 3.30. The van der Waals surface area contributed by atoms with E-state index in [2.05, 4.69) is 5.32 Å². The number of rotatable bonds is 8. The summed E-state index contributed by atoms with van der Waals surface area (Å²) in [7, 11) is 0. The molecule has 3 aromatic rings. The molecule has 1 N–H and O–H groups in total. The summed E-state index contributed by atoms with van der Waals surface area (Å²) in [6.07, 6.45) is 3.52. The minimum atomic E-state index is -0.600. The maximum absolute atomic E-state index is 12.5. The molecule has 0 radical (unpaired) electrons. The van der Waals surface area contributed by atoms with Crippen LogP contribution in [0.15, 0.2) is 84.9 Å². The Hall–Kier alpha value is -4.06. The molecule has 1 amide bonds. The molecule has 1 atom stereocenters. The number of carbonyl (C=O) groups excluding carboxylic acids is 2. The van der Waals surface area contributed by atoms with Gasteiger partial charge in [-0.3, -0.25) is 4.79 Å². The number of hydrogen-bond donors (Lipinski definition) is 1. The minimum Gasteiger partial charge on any atom is -0.454 e. The topological polar surface area (TPSA) is 73.9 Å². The summed E-state index contributed by atoms with van der Waals surface area (Å²) in [5, 5.41) is 2.97. The van der Waals surface area contributed by atoms with E-state index in [4.69, 9.17) is 14.2 Å². The Labute approximate surface area is 186 Å². The van der Waals surface area contributed by atoms with Crippen LogP contribution in [0.2, 0.25) is 0 Å². The van der Waals surface area contributed by atoms with Crippen LogP contribution < -0.4 is 14.8 Å². The van der Waals surface area contributed by atoms with Gasteiger partial charge in [0.2, 0.25) is 6.79 Å². The van der Waals surface area contributed by atoms with Crippen molar-refractivity contribution >= 4 is 18.0 Å². The van der Waals surface area contributed by atoms with Crippen molar-refractivity contribution in [3.05, 3.63) is 102 Å². The SMILES string of the molecule is O=C(COC(=O)/C=C/c1ccc2c(c1)OCO2)NC(Cc1ccccc1)c1ccccc1. The Kier molecular flexibility index (Phi) is 6.82. The van der Waals surface area contributed by atoms with Crippen LogP contribution in [0, 0.1) is 0 Å². The van der Waals surface area contributed by atoms with Crippen molar-refractivity contribution < 1.29 is 23.8 Å². The number of carbonyl (C=O) groups is 2. The second kappa shape index (κ2) is 10.3. The number of nitrogens with one attached hydrogen (secondary N) is 1. The molecular weight excluding hydrogens is 406 g/mol. The summed E-state index contributed by atoms with van der Waals surface area (Å²) >= 11 is 0. The predicted molar refractivity (Wildman–Crippen MR) is 120 cm³/mol. The molecule has 1 heterocycles. The van der Waals surface area contributed by atoms with Crippen LogP contribution in [-0.2, 0) is 20.7 Å². The first-order valence-corrected chi connectivity index (χ1v) is 10.3. The molecule has 0 saturated heterocycles. The maximum atomic E-state index is 12.5. The van der Waals surface area contributed by atoms with Crippen molar-refractivity contribution in [2.24, 2.45) is 0 Å². The van der Waals surface area contributed by atoms with Crippen LogP contribution in [0.1, 0.15) is 22.7 Å². The van der Waals surface area contributed by atoms with E-state index in [1.165, 1.54) is 6.08 Å². The van der Waals surface area contributed by atoms with Gasteiger partial charge in [-0.1, -0.05) is 66.7 Å². The summed E-state index contributed by atoms with van der Waals surface area (Å²) in [6.45, 7) is -0.170. The number of ether oxygens (including phenoxy) is 3. The Bertz CT molecular complexity index is 1100. The van der Waals surface area contributed by atoms with Crippen LogP contribution in [0.3, 0.4) is 0 Å². The summed E-state index contributed by atoms with van der Waals surface area (Å²) in [6, 6.07) is 24.8. The van der Waals surface area contributed by atoms with Gasteiger partial charge in [-0.05, 0) is 41.3 Å². The van der Waals surface area contributed by atoms with E-state index >= 15 is 0 Å². The molecule has 4 rings (SSSR count). The fourth-order valence-corrected chi connectivity index (χ4v) is 3.39. The highest BCUT2D eigenvalue weighted by Gasteiger charge is 2.16. The highest BCUT2D eigenvalue weighted by atomic mass is 16.7. The average molecular weight is 429 g/mol. The lowest BCUT2D eigenvalue weighted by Gasteiger charge is -2.19. The zero-order valence-corrected chi connectivity index (χ0v) is 17.4. The number of hydrogen-bond acceptors (Lipinski definition) is 5. The second-order valence-electron chi connectivity index (χ2n) is 7.27. The van der Waals surface area contributed by atoms with Gasteiger partial charge >= 0.3 is 5.97 Å². The van der Waals surface area contributed by atoms with Gasteiger partial charge in [-0.15, -0.1) is 0 Å². The molecule has 0 aromatic heterocycles. The highest BCUT2D eigenvalue weighted by molar-refractivity contribution is 5.89. The molecule has 0 aliphatic carbocycles. The highest BCUT2D eigenvalue weighted by Crippen LogP contribution is 2.32. The molecule has 0 saturated carbocycles. The van der Waals surface area contributed by atoms with E-state index in [-0.39, 0.29) is 25.3 Å². The zero-order chi connectivity index (χ0) is 22.2. The van der Waals surface area contributed by atoms with E-state index in [0.29, 0.717) is 17.9 Å². The first kappa shape index (κ1) is 21.2. The summed E-state index contributed by atoms with van der Waals surface area (Å²) < 4.78 is 15.7. The van der Waals surface area contributed by atoms with Gasteiger partial charge in [0.25, 0.3) is 5.91 Å². The molecule has 1 aliphatic rings. The van der Waals surface area contributed by atoms with E-state index in [0.717, 1.165) is 16.7 Å². The van der Waals surface area contributed by atoms with Gasteiger partial charge in [-0.25, -0.2) is 4.79 Å². The van der Waals surface area contributed by atoms with Crippen LogP contribution >= 0.6 is 0 Å². The molecule has 0 spiro atoms. The molecule has 6 nitrogen and oxygen atoms in total. The molecule has 162 valence electrons. The van der Waals surface area contributed by atoms with Crippen LogP contribution in [0.25, 0.3) is 6.08 Å². The standard InChI is InChI=1S/C26H23NO5/c28-25(17-30-26(29)14-12-20-11-13-23-24(16-20)32-18-31-23)27-22(21-9-5-2-6-10-21)15-19-7-3-1-4-8-19/h1-14,16,22H,15,17-18H2,(H,27,28)/b14-12+. The summed E-state index contributed by atoms with van der Waals surface area (Å²) in [5.74, 6) is 0.340. The third-order valence-electron chi connectivity index (χ3n) is 4.97. The predicted octanol–water partition coefficient (Wildman–Crippen LogP) is 4.07.